The molecule has 0 saturated carbocycles. The van der Waals surface area contributed by atoms with Gasteiger partial charge in [-0.05, 0) is 19.1 Å². The van der Waals surface area contributed by atoms with Crippen LogP contribution in [-0.4, -0.2) is 18.6 Å². The van der Waals surface area contributed by atoms with Gasteiger partial charge < -0.3 is 10.1 Å². The lowest BCUT2D eigenvalue weighted by molar-refractivity contribution is -0.165. The number of para-hydroxylation sites is 1. The molecule has 98 valence electrons. The van der Waals surface area contributed by atoms with Crippen molar-refractivity contribution in [2.45, 2.75) is 13.1 Å². The Balaban J connectivity index is 2.83. The van der Waals surface area contributed by atoms with Crippen molar-refractivity contribution in [1.29, 1.82) is 0 Å². The highest BCUT2D eigenvalue weighted by Crippen LogP contribution is 2.18. The molecule has 0 aliphatic carbocycles. The highest BCUT2D eigenvalue weighted by Gasteiger charge is 2.37. The number of hydrogen-bond donors (Lipinski definition) is 1. The number of ether oxygens (including phenoxy) is 1. The number of allylic oxidation sites excluding steroid dienone is 1. The number of hydrogen-bond acceptors (Lipinski definition) is 3. The van der Waals surface area contributed by atoms with Crippen molar-refractivity contribution in [3.63, 3.8) is 0 Å². The van der Waals surface area contributed by atoms with Crippen LogP contribution in [-0.2, 0) is 9.53 Å². The number of nitrogens with one attached hydrogen (secondary N) is 1. The second-order valence-electron chi connectivity index (χ2n) is 3.29. The molecule has 0 amide bonds. The zero-order chi connectivity index (χ0) is 13.6. The summed E-state index contributed by atoms with van der Waals surface area (Å²) in [4.78, 5) is 10.8. The lowest BCUT2D eigenvalue weighted by atomic mass is 10.3. The summed E-state index contributed by atoms with van der Waals surface area (Å²) in [6.45, 7) is 1.76. The Morgan fingerprint density at radius 2 is 1.94 bits per heavy atom. The Hall–Kier alpha value is -1.98. The van der Waals surface area contributed by atoms with Gasteiger partial charge in [0.25, 0.3) is 5.78 Å². The highest BCUT2D eigenvalue weighted by atomic mass is 19.4. The fourth-order valence-electron chi connectivity index (χ4n) is 1.13. The number of ketones is 1. The van der Waals surface area contributed by atoms with Crippen LogP contribution in [0.5, 0.6) is 0 Å². The first-order chi connectivity index (χ1) is 8.43. The summed E-state index contributed by atoms with van der Waals surface area (Å²) in [5, 5.41) is 2.60. The molecule has 0 fully saturated rings. The molecule has 0 bridgehead atoms. The van der Waals surface area contributed by atoms with Crippen molar-refractivity contribution in [2.24, 2.45) is 0 Å². The fourth-order valence-corrected chi connectivity index (χ4v) is 1.13. The van der Waals surface area contributed by atoms with E-state index in [1.807, 2.05) is 0 Å². The Morgan fingerprint density at radius 1 is 1.33 bits per heavy atom. The third-order valence-electron chi connectivity index (χ3n) is 1.88. The summed E-state index contributed by atoms with van der Waals surface area (Å²) in [5.41, 5.74) is 0.534. The van der Waals surface area contributed by atoms with Crippen LogP contribution < -0.4 is 5.32 Å². The molecule has 1 N–H and O–H groups in total. The topological polar surface area (TPSA) is 38.3 Å². The van der Waals surface area contributed by atoms with Crippen molar-refractivity contribution >= 4 is 11.5 Å². The van der Waals surface area contributed by atoms with E-state index in [1.54, 1.807) is 37.3 Å². The van der Waals surface area contributed by atoms with Crippen molar-refractivity contribution in [3.05, 3.63) is 42.3 Å². The summed E-state index contributed by atoms with van der Waals surface area (Å²) < 4.78 is 41.3. The van der Waals surface area contributed by atoms with Crippen LogP contribution in [0.25, 0.3) is 0 Å². The van der Waals surface area contributed by atoms with Crippen molar-refractivity contribution < 1.29 is 22.7 Å². The van der Waals surface area contributed by atoms with Crippen LogP contribution in [0.1, 0.15) is 6.92 Å². The number of anilines is 1. The van der Waals surface area contributed by atoms with Crippen LogP contribution in [0.2, 0.25) is 0 Å². The Kier molecular flexibility index (Phi) is 4.76. The molecule has 1 aromatic rings. The normalized spacial score (nSPS) is 12.1. The van der Waals surface area contributed by atoms with Gasteiger partial charge in [-0.15, -0.1) is 0 Å². The molecule has 0 saturated heterocycles. The molecule has 0 radical (unpaired) electrons. The molecule has 0 aliphatic rings. The standard InChI is InChI=1S/C12H12F3NO2/c1-2-18-11(8-10(17)12(13,14)15)16-9-6-4-3-5-7-9/h3-8,16H,2H2,1H3/b11-8+. The number of alkyl halides is 3. The Labute approximate surface area is 102 Å². The molecule has 1 aromatic carbocycles. The van der Waals surface area contributed by atoms with Gasteiger partial charge in [0, 0.05) is 5.69 Å². The average molecular weight is 259 g/mol. The Bertz CT molecular complexity index is 427. The van der Waals surface area contributed by atoms with E-state index in [1.165, 1.54) is 0 Å². The van der Waals surface area contributed by atoms with Gasteiger partial charge in [-0.1, -0.05) is 18.2 Å². The second-order valence-corrected chi connectivity index (χ2v) is 3.29. The van der Waals surface area contributed by atoms with Crippen LogP contribution in [0.3, 0.4) is 0 Å². The van der Waals surface area contributed by atoms with E-state index in [0.29, 0.717) is 11.8 Å². The SMILES string of the molecule is CCO/C(=C/C(=O)C(F)(F)F)Nc1ccccc1. The molecule has 0 spiro atoms. The quantitative estimate of drug-likeness (QED) is 0.652. The lowest BCUT2D eigenvalue weighted by Gasteiger charge is -2.11. The predicted molar refractivity (Wildman–Crippen MR) is 60.8 cm³/mol. The smallest absolute Gasteiger partial charge is 0.454 e. The zero-order valence-electron chi connectivity index (χ0n) is 9.62. The monoisotopic (exact) mass is 259 g/mol. The van der Waals surface area contributed by atoms with E-state index < -0.39 is 12.0 Å². The van der Waals surface area contributed by atoms with Crippen LogP contribution >= 0.6 is 0 Å². The van der Waals surface area contributed by atoms with Crippen molar-refractivity contribution in [2.75, 3.05) is 11.9 Å². The first-order valence-corrected chi connectivity index (χ1v) is 5.21. The molecule has 1 rings (SSSR count). The van der Waals surface area contributed by atoms with Gasteiger partial charge in [-0.2, -0.15) is 13.2 Å². The third kappa shape index (κ3) is 4.48. The molecule has 6 heteroatoms. The van der Waals surface area contributed by atoms with E-state index in [0.717, 1.165) is 0 Å². The largest absolute Gasteiger partial charge is 0.479 e. The summed E-state index contributed by atoms with van der Waals surface area (Å²) in [5.74, 6) is -2.19. The molecule has 0 unspecified atom stereocenters. The van der Waals surface area contributed by atoms with Gasteiger partial charge in [-0.25, -0.2) is 0 Å². The molecule has 0 atom stereocenters. The molecule has 0 aliphatic heterocycles. The minimum absolute atomic E-state index is 0.150. The minimum Gasteiger partial charge on any atom is -0.479 e. The minimum atomic E-state index is -4.90. The first kappa shape index (κ1) is 14.1. The van der Waals surface area contributed by atoms with Gasteiger partial charge >= 0.3 is 6.18 Å². The van der Waals surface area contributed by atoms with E-state index in [4.69, 9.17) is 4.74 Å². The first-order valence-electron chi connectivity index (χ1n) is 5.21. The number of carbonyl (C=O) groups excluding carboxylic acids is 1. The van der Waals surface area contributed by atoms with Crippen LogP contribution in [0.15, 0.2) is 42.3 Å². The Morgan fingerprint density at radius 3 is 2.44 bits per heavy atom. The van der Waals surface area contributed by atoms with E-state index in [-0.39, 0.29) is 12.5 Å². The van der Waals surface area contributed by atoms with Crippen LogP contribution in [0, 0.1) is 0 Å². The lowest BCUT2D eigenvalue weighted by Crippen LogP contribution is -2.22. The molecular formula is C12H12F3NO2. The number of benzene rings is 1. The van der Waals surface area contributed by atoms with E-state index in [2.05, 4.69) is 5.32 Å². The molecule has 0 aromatic heterocycles. The maximum Gasteiger partial charge on any atom is 0.454 e. The third-order valence-corrected chi connectivity index (χ3v) is 1.88. The second kappa shape index (κ2) is 6.09. The molecule has 0 heterocycles. The molecular weight excluding hydrogens is 247 g/mol. The molecule has 18 heavy (non-hydrogen) atoms. The van der Waals surface area contributed by atoms with Crippen molar-refractivity contribution in [3.8, 4) is 0 Å². The maximum absolute atomic E-state index is 12.1. The highest BCUT2D eigenvalue weighted by molar-refractivity contribution is 5.95. The predicted octanol–water partition coefficient (Wildman–Crippen LogP) is 3.11. The van der Waals surface area contributed by atoms with Gasteiger partial charge in [0.05, 0.1) is 12.7 Å². The van der Waals surface area contributed by atoms with E-state index in [9.17, 15) is 18.0 Å². The number of halogens is 3. The van der Waals surface area contributed by atoms with Crippen LogP contribution in [0.4, 0.5) is 18.9 Å². The van der Waals surface area contributed by atoms with E-state index >= 15 is 0 Å². The zero-order valence-corrected chi connectivity index (χ0v) is 9.62. The number of rotatable bonds is 5. The summed E-state index contributed by atoms with van der Waals surface area (Å²) in [7, 11) is 0. The fraction of sp³-hybridized carbons (Fsp3) is 0.250. The summed E-state index contributed by atoms with van der Waals surface area (Å²) >= 11 is 0. The van der Waals surface area contributed by atoms with Gasteiger partial charge in [0.2, 0.25) is 0 Å². The maximum atomic E-state index is 12.1. The number of carbonyl (C=O) groups is 1. The van der Waals surface area contributed by atoms with Crippen molar-refractivity contribution in [1.82, 2.24) is 0 Å². The van der Waals surface area contributed by atoms with Gasteiger partial charge in [-0.3, -0.25) is 4.79 Å². The summed E-state index contributed by atoms with van der Waals surface area (Å²) in [6.07, 6.45) is -4.50. The molecule has 3 nitrogen and oxygen atoms in total. The average Bonchev–Trinajstić information content (AvgIpc) is 2.29. The summed E-state index contributed by atoms with van der Waals surface area (Å²) in [6, 6.07) is 8.46. The van der Waals surface area contributed by atoms with Gasteiger partial charge in [0.1, 0.15) is 0 Å². The van der Waals surface area contributed by atoms with Gasteiger partial charge in [0.15, 0.2) is 5.88 Å².